The molecule has 142 valence electrons. The predicted molar refractivity (Wildman–Crippen MR) is 101 cm³/mol. The summed E-state index contributed by atoms with van der Waals surface area (Å²) >= 11 is 1.55. The van der Waals surface area contributed by atoms with Crippen molar-refractivity contribution in [1.82, 2.24) is 15.1 Å². The lowest BCUT2D eigenvalue weighted by Crippen LogP contribution is -2.43. The minimum Gasteiger partial charge on any atom is -0.497 e. The first-order valence-corrected chi connectivity index (χ1v) is 9.33. The van der Waals surface area contributed by atoms with Gasteiger partial charge < -0.3 is 15.0 Å². The molecule has 2 aromatic rings. The highest BCUT2D eigenvalue weighted by Crippen LogP contribution is 2.30. The lowest BCUT2D eigenvalue weighted by atomic mass is 9.92. The largest absolute Gasteiger partial charge is 0.497 e. The van der Waals surface area contributed by atoms with Gasteiger partial charge in [-0.05, 0) is 47.0 Å². The molecule has 1 atom stereocenters. The Bertz CT molecular complexity index is 850. The van der Waals surface area contributed by atoms with Crippen molar-refractivity contribution in [2.75, 3.05) is 20.7 Å². The summed E-state index contributed by atoms with van der Waals surface area (Å²) in [4.78, 5) is 40.2. The van der Waals surface area contributed by atoms with Gasteiger partial charge in [0.15, 0.2) is 0 Å². The van der Waals surface area contributed by atoms with E-state index in [-0.39, 0.29) is 12.5 Å². The van der Waals surface area contributed by atoms with Crippen LogP contribution in [-0.4, -0.2) is 48.3 Å². The van der Waals surface area contributed by atoms with Gasteiger partial charge in [0.2, 0.25) is 5.91 Å². The van der Waals surface area contributed by atoms with Crippen molar-refractivity contribution < 1.29 is 19.1 Å². The highest BCUT2D eigenvalue weighted by atomic mass is 32.1. The fourth-order valence-corrected chi connectivity index (χ4v) is 3.62. The van der Waals surface area contributed by atoms with Crippen LogP contribution in [0, 0.1) is 0 Å². The molecule has 7 nitrogen and oxygen atoms in total. The molecule has 4 amide bonds. The molecule has 1 fully saturated rings. The SMILES string of the molecule is COc1ccc([C@]2(C)NC(=O)N(CC(=O)N(C)Cc3ccsc3)C2=O)cc1. The molecule has 1 N–H and O–H groups in total. The molecule has 2 heterocycles. The number of rotatable bonds is 6. The Morgan fingerprint density at radius 1 is 1.26 bits per heavy atom. The first kappa shape index (κ1) is 18.9. The number of likely N-dealkylation sites (N-methyl/N-ethyl adjacent to an activating group) is 1. The van der Waals surface area contributed by atoms with Crippen LogP contribution in [0.1, 0.15) is 18.1 Å². The summed E-state index contributed by atoms with van der Waals surface area (Å²) in [7, 11) is 3.21. The Hall–Kier alpha value is -2.87. The molecule has 8 heteroatoms. The van der Waals surface area contributed by atoms with E-state index in [1.165, 1.54) is 4.90 Å². The third-order valence-electron chi connectivity index (χ3n) is 4.66. The number of thiophene rings is 1. The Morgan fingerprint density at radius 2 is 1.96 bits per heavy atom. The maximum Gasteiger partial charge on any atom is 0.325 e. The number of carbonyl (C=O) groups excluding carboxylic acids is 3. The molecule has 0 bridgehead atoms. The fourth-order valence-electron chi connectivity index (χ4n) is 2.96. The molecule has 27 heavy (non-hydrogen) atoms. The number of urea groups is 1. The van der Waals surface area contributed by atoms with Crippen molar-refractivity contribution in [2.45, 2.75) is 19.0 Å². The zero-order valence-corrected chi connectivity index (χ0v) is 16.2. The maximum atomic E-state index is 12.9. The number of imide groups is 1. The molecule has 0 unspecified atom stereocenters. The van der Waals surface area contributed by atoms with E-state index in [2.05, 4.69) is 5.32 Å². The van der Waals surface area contributed by atoms with Gasteiger partial charge in [-0.25, -0.2) is 4.79 Å². The topological polar surface area (TPSA) is 79.0 Å². The smallest absolute Gasteiger partial charge is 0.325 e. The first-order valence-electron chi connectivity index (χ1n) is 8.39. The Morgan fingerprint density at radius 3 is 2.56 bits per heavy atom. The van der Waals surface area contributed by atoms with Crippen molar-refractivity contribution in [3.05, 3.63) is 52.2 Å². The van der Waals surface area contributed by atoms with Gasteiger partial charge in [0.25, 0.3) is 5.91 Å². The minimum absolute atomic E-state index is 0.295. The number of carbonyl (C=O) groups is 3. The van der Waals surface area contributed by atoms with E-state index in [9.17, 15) is 14.4 Å². The van der Waals surface area contributed by atoms with Crippen molar-refractivity contribution in [1.29, 1.82) is 0 Å². The van der Waals surface area contributed by atoms with Crippen LogP contribution in [0.3, 0.4) is 0 Å². The Labute approximate surface area is 161 Å². The molecular formula is C19H21N3O4S. The highest BCUT2D eigenvalue weighted by molar-refractivity contribution is 7.07. The van der Waals surface area contributed by atoms with Crippen LogP contribution in [0.2, 0.25) is 0 Å². The van der Waals surface area contributed by atoms with E-state index < -0.39 is 17.5 Å². The van der Waals surface area contributed by atoms with Crippen molar-refractivity contribution in [3.63, 3.8) is 0 Å². The van der Waals surface area contributed by atoms with Crippen LogP contribution in [-0.2, 0) is 21.7 Å². The number of benzene rings is 1. The van der Waals surface area contributed by atoms with Crippen LogP contribution >= 0.6 is 11.3 Å². The number of nitrogens with one attached hydrogen (secondary N) is 1. The van der Waals surface area contributed by atoms with Gasteiger partial charge in [-0.3, -0.25) is 14.5 Å². The second kappa shape index (κ2) is 7.40. The molecule has 1 saturated heterocycles. The van der Waals surface area contributed by atoms with Gasteiger partial charge in [-0.15, -0.1) is 0 Å². The van der Waals surface area contributed by atoms with Gasteiger partial charge in [-0.1, -0.05) is 12.1 Å². The van der Waals surface area contributed by atoms with E-state index in [1.54, 1.807) is 56.7 Å². The number of ether oxygens (including phenoxy) is 1. The van der Waals surface area contributed by atoms with E-state index in [0.29, 0.717) is 17.9 Å². The van der Waals surface area contributed by atoms with Crippen LogP contribution in [0.5, 0.6) is 5.75 Å². The van der Waals surface area contributed by atoms with Crippen molar-refractivity contribution >= 4 is 29.2 Å². The summed E-state index contributed by atoms with van der Waals surface area (Å²) in [5, 5.41) is 6.59. The van der Waals surface area contributed by atoms with E-state index in [4.69, 9.17) is 4.74 Å². The monoisotopic (exact) mass is 387 g/mol. The summed E-state index contributed by atoms with van der Waals surface area (Å²) in [6.07, 6.45) is 0. The number of amides is 4. The summed E-state index contributed by atoms with van der Waals surface area (Å²) in [6, 6.07) is 8.26. The molecule has 1 aromatic carbocycles. The second-order valence-electron chi connectivity index (χ2n) is 6.56. The Balaban J connectivity index is 1.72. The average Bonchev–Trinajstić information content (AvgIpc) is 3.24. The summed E-state index contributed by atoms with van der Waals surface area (Å²) < 4.78 is 5.12. The normalized spacial score (nSPS) is 19.1. The molecule has 0 aliphatic carbocycles. The standard InChI is InChI=1S/C19H21N3O4S/c1-19(14-4-6-15(26-3)7-5-14)17(24)22(18(25)20-19)11-16(23)21(2)10-13-8-9-27-12-13/h4-9,12H,10-11H2,1-3H3,(H,20,25)/t19-/m0/s1. The number of nitrogens with zero attached hydrogens (tertiary/aromatic N) is 2. The third-order valence-corrected chi connectivity index (χ3v) is 5.39. The highest BCUT2D eigenvalue weighted by Gasteiger charge is 2.49. The number of hydrogen-bond acceptors (Lipinski definition) is 5. The Kier molecular flexibility index (Phi) is 5.18. The molecule has 1 aliphatic heterocycles. The minimum atomic E-state index is -1.21. The molecular weight excluding hydrogens is 366 g/mol. The zero-order valence-electron chi connectivity index (χ0n) is 15.4. The quantitative estimate of drug-likeness (QED) is 0.771. The molecule has 0 saturated carbocycles. The number of hydrogen-bond donors (Lipinski definition) is 1. The molecule has 0 spiro atoms. The lowest BCUT2D eigenvalue weighted by molar-refractivity contribution is -0.138. The second-order valence-corrected chi connectivity index (χ2v) is 7.34. The van der Waals surface area contributed by atoms with E-state index in [0.717, 1.165) is 10.5 Å². The zero-order chi connectivity index (χ0) is 19.6. The maximum absolute atomic E-state index is 12.9. The van der Waals surface area contributed by atoms with Gasteiger partial charge in [-0.2, -0.15) is 11.3 Å². The number of methoxy groups -OCH3 is 1. The van der Waals surface area contributed by atoms with E-state index in [1.807, 2.05) is 16.8 Å². The van der Waals surface area contributed by atoms with E-state index >= 15 is 0 Å². The van der Waals surface area contributed by atoms with Crippen molar-refractivity contribution in [3.8, 4) is 5.75 Å². The third kappa shape index (κ3) is 3.66. The fraction of sp³-hybridized carbons (Fsp3) is 0.316. The van der Waals surface area contributed by atoms with Crippen LogP contribution < -0.4 is 10.1 Å². The predicted octanol–water partition coefficient (Wildman–Crippen LogP) is 2.18. The lowest BCUT2D eigenvalue weighted by Gasteiger charge is -2.23. The average molecular weight is 387 g/mol. The van der Waals surface area contributed by atoms with Gasteiger partial charge >= 0.3 is 6.03 Å². The summed E-state index contributed by atoms with van der Waals surface area (Å²) in [5.74, 6) is -0.0974. The van der Waals surface area contributed by atoms with Crippen LogP contribution in [0.25, 0.3) is 0 Å². The molecule has 1 aromatic heterocycles. The van der Waals surface area contributed by atoms with Gasteiger partial charge in [0.05, 0.1) is 7.11 Å². The molecule has 3 rings (SSSR count). The first-order chi connectivity index (χ1) is 12.8. The van der Waals surface area contributed by atoms with Gasteiger partial charge in [0.1, 0.15) is 17.8 Å². The van der Waals surface area contributed by atoms with Crippen LogP contribution in [0.15, 0.2) is 41.1 Å². The summed E-state index contributed by atoms with van der Waals surface area (Å²) in [5.41, 5.74) is 0.426. The van der Waals surface area contributed by atoms with Gasteiger partial charge in [0, 0.05) is 13.6 Å². The van der Waals surface area contributed by atoms with Crippen molar-refractivity contribution in [2.24, 2.45) is 0 Å². The summed E-state index contributed by atoms with van der Waals surface area (Å²) in [6.45, 7) is 1.77. The molecule has 0 radical (unpaired) electrons. The molecule has 1 aliphatic rings. The van der Waals surface area contributed by atoms with Crippen LogP contribution in [0.4, 0.5) is 4.79 Å².